The van der Waals surface area contributed by atoms with Crippen LogP contribution in [0.25, 0.3) is 0 Å². The van der Waals surface area contributed by atoms with Crippen LogP contribution in [-0.2, 0) is 0 Å². The summed E-state index contributed by atoms with van der Waals surface area (Å²) in [4.78, 5) is 13.1. The number of nitrogens with one attached hydrogen (secondary N) is 1. The van der Waals surface area contributed by atoms with Crippen molar-refractivity contribution in [2.75, 3.05) is 19.6 Å². The Morgan fingerprint density at radius 2 is 2.46 bits per heavy atom. The van der Waals surface area contributed by atoms with Crippen molar-refractivity contribution in [3.8, 4) is 0 Å². The zero-order chi connectivity index (χ0) is 9.10. The molecule has 1 aliphatic heterocycles. The highest BCUT2D eigenvalue weighted by Crippen LogP contribution is 2.20. The van der Waals surface area contributed by atoms with Crippen LogP contribution in [-0.4, -0.2) is 30.6 Å². The topological polar surface area (TPSA) is 32.3 Å². The largest absolute Gasteiger partial charge is 0.336 e. The van der Waals surface area contributed by atoms with Gasteiger partial charge in [0, 0.05) is 19.6 Å². The molecule has 3 heteroatoms. The normalized spacial score (nSPS) is 22.0. The van der Waals surface area contributed by atoms with Crippen LogP contribution < -0.4 is 5.32 Å². The Morgan fingerprint density at radius 3 is 3.08 bits per heavy atom. The van der Waals surface area contributed by atoms with Gasteiger partial charge in [0.25, 0.3) is 0 Å². The Bertz CT molecular complexity index is 235. The first-order valence-corrected chi connectivity index (χ1v) is 5.07. The summed E-state index contributed by atoms with van der Waals surface area (Å²) in [7, 11) is 0. The molecule has 1 fully saturated rings. The van der Waals surface area contributed by atoms with Gasteiger partial charge in [0.1, 0.15) is 0 Å². The van der Waals surface area contributed by atoms with E-state index in [1.807, 2.05) is 4.90 Å². The smallest absolute Gasteiger partial charge is 0.317 e. The van der Waals surface area contributed by atoms with Crippen molar-refractivity contribution in [3.05, 3.63) is 11.6 Å². The van der Waals surface area contributed by atoms with Crippen molar-refractivity contribution >= 4 is 6.03 Å². The summed E-state index contributed by atoms with van der Waals surface area (Å²) in [6, 6.07) is 0.110. The fourth-order valence-electron chi connectivity index (χ4n) is 1.97. The van der Waals surface area contributed by atoms with Crippen LogP contribution in [0.4, 0.5) is 4.79 Å². The SMILES string of the molecule is O=C1NCCN1CCC1=CCCC1. The highest BCUT2D eigenvalue weighted by atomic mass is 16.2. The van der Waals surface area contributed by atoms with Crippen molar-refractivity contribution in [2.24, 2.45) is 0 Å². The Balaban J connectivity index is 1.75. The minimum Gasteiger partial charge on any atom is -0.336 e. The molecule has 2 aliphatic rings. The van der Waals surface area contributed by atoms with Gasteiger partial charge in [0.2, 0.25) is 0 Å². The average molecular weight is 180 g/mol. The maximum Gasteiger partial charge on any atom is 0.317 e. The second kappa shape index (κ2) is 3.81. The van der Waals surface area contributed by atoms with Gasteiger partial charge in [-0.05, 0) is 25.7 Å². The fourth-order valence-corrected chi connectivity index (χ4v) is 1.97. The second-order valence-electron chi connectivity index (χ2n) is 3.72. The molecule has 0 spiro atoms. The lowest BCUT2D eigenvalue weighted by molar-refractivity contribution is 0.218. The van der Waals surface area contributed by atoms with Crippen LogP contribution in [0.2, 0.25) is 0 Å². The highest BCUT2D eigenvalue weighted by Gasteiger charge is 2.19. The van der Waals surface area contributed by atoms with Crippen molar-refractivity contribution in [2.45, 2.75) is 25.7 Å². The van der Waals surface area contributed by atoms with E-state index in [4.69, 9.17) is 0 Å². The van der Waals surface area contributed by atoms with Crippen LogP contribution in [0.3, 0.4) is 0 Å². The molecule has 13 heavy (non-hydrogen) atoms. The van der Waals surface area contributed by atoms with Gasteiger partial charge in [0.05, 0.1) is 0 Å². The minimum absolute atomic E-state index is 0.110. The molecule has 0 radical (unpaired) electrons. The van der Waals surface area contributed by atoms with Crippen LogP contribution >= 0.6 is 0 Å². The van der Waals surface area contributed by atoms with Crippen LogP contribution in [0.1, 0.15) is 25.7 Å². The number of allylic oxidation sites excluding steroid dienone is 1. The number of carbonyl (C=O) groups is 1. The third-order valence-corrected chi connectivity index (χ3v) is 2.78. The van der Waals surface area contributed by atoms with E-state index in [9.17, 15) is 4.79 Å². The minimum atomic E-state index is 0.110. The molecule has 0 unspecified atom stereocenters. The number of hydrogen-bond acceptors (Lipinski definition) is 1. The molecule has 1 aliphatic carbocycles. The predicted molar refractivity (Wildman–Crippen MR) is 51.5 cm³/mol. The monoisotopic (exact) mass is 180 g/mol. The first-order valence-electron chi connectivity index (χ1n) is 5.07. The van der Waals surface area contributed by atoms with Crippen molar-refractivity contribution in [1.29, 1.82) is 0 Å². The number of amides is 2. The predicted octanol–water partition coefficient (Wildman–Crippen LogP) is 1.51. The van der Waals surface area contributed by atoms with Gasteiger partial charge in [-0.15, -0.1) is 0 Å². The van der Waals surface area contributed by atoms with Crippen LogP contribution in [0.15, 0.2) is 11.6 Å². The third-order valence-electron chi connectivity index (χ3n) is 2.78. The fraction of sp³-hybridized carbons (Fsp3) is 0.700. The Kier molecular flexibility index (Phi) is 2.52. The molecule has 2 rings (SSSR count). The summed E-state index contributed by atoms with van der Waals surface area (Å²) < 4.78 is 0. The zero-order valence-corrected chi connectivity index (χ0v) is 7.88. The number of rotatable bonds is 3. The number of urea groups is 1. The average Bonchev–Trinajstić information content (AvgIpc) is 2.72. The molecule has 0 atom stereocenters. The van der Waals surface area contributed by atoms with Gasteiger partial charge in [-0.1, -0.05) is 11.6 Å². The van der Waals surface area contributed by atoms with Gasteiger partial charge in [-0.2, -0.15) is 0 Å². The van der Waals surface area contributed by atoms with Crippen molar-refractivity contribution in [1.82, 2.24) is 10.2 Å². The molecule has 1 heterocycles. The summed E-state index contributed by atoms with van der Waals surface area (Å²) >= 11 is 0. The van der Waals surface area contributed by atoms with Crippen LogP contribution in [0.5, 0.6) is 0 Å². The summed E-state index contributed by atoms with van der Waals surface area (Å²) in [6.07, 6.45) is 7.19. The Hall–Kier alpha value is -0.990. The number of hydrogen-bond donors (Lipinski definition) is 1. The first-order chi connectivity index (χ1) is 6.36. The van der Waals surface area contributed by atoms with Crippen LogP contribution in [0, 0.1) is 0 Å². The second-order valence-corrected chi connectivity index (χ2v) is 3.72. The van der Waals surface area contributed by atoms with E-state index in [0.29, 0.717) is 0 Å². The molecule has 0 saturated carbocycles. The highest BCUT2D eigenvalue weighted by molar-refractivity contribution is 5.76. The number of carbonyl (C=O) groups excluding carboxylic acids is 1. The Labute approximate surface area is 78.8 Å². The molecular weight excluding hydrogens is 164 g/mol. The van der Waals surface area contributed by atoms with Gasteiger partial charge < -0.3 is 10.2 Å². The summed E-state index contributed by atoms with van der Waals surface area (Å²) in [5, 5.41) is 2.81. The first kappa shape index (κ1) is 8.60. The summed E-state index contributed by atoms with van der Waals surface area (Å²) in [6.45, 7) is 2.60. The summed E-state index contributed by atoms with van der Waals surface area (Å²) in [5.41, 5.74) is 1.54. The quantitative estimate of drug-likeness (QED) is 0.656. The van der Waals surface area contributed by atoms with Gasteiger partial charge >= 0.3 is 6.03 Å². The van der Waals surface area contributed by atoms with Crippen molar-refractivity contribution < 1.29 is 4.79 Å². The molecular formula is C10H16N2O. The van der Waals surface area contributed by atoms with Gasteiger partial charge in [-0.25, -0.2) is 4.79 Å². The molecule has 2 amide bonds. The van der Waals surface area contributed by atoms with Gasteiger partial charge in [0.15, 0.2) is 0 Å². The van der Waals surface area contributed by atoms with E-state index in [0.717, 1.165) is 26.1 Å². The Morgan fingerprint density at radius 1 is 1.54 bits per heavy atom. The molecule has 72 valence electrons. The molecule has 1 saturated heterocycles. The number of nitrogens with zero attached hydrogens (tertiary/aromatic N) is 1. The van der Waals surface area contributed by atoms with E-state index in [1.165, 1.54) is 19.3 Å². The van der Waals surface area contributed by atoms with E-state index in [1.54, 1.807) is 5.57 Å². The zero-order valence-electron chi connectivity index (χ0n) is 7.88. The lowest BCUT2D eigenvalue weighted by Gasteiger charge is -2.13. The maximum absolute atomic E-state index is 11.2. The summed E-state index contributed by atoms with van der Waals surface area (Å²) in [5.74, 6) is 0. The lowest BCUT2D eigenvalue weighted by atomic mass is 10.1. The standard InChI is InChI=1S/C10H16N2O/c13-10-11-6-8-12(10)7-5-9-3-1-2-4-9/h3H,1-2,4-8H2,(H,11,13). The molecule has 0 aromatic heterocycles. The van der Waals surface area contributed by atoms with E-state index < -0.39 is 0 Å². The van der Waals surface area contributed by atoms with Crippen molar-refractivity contribution in [3.63, 3.8) is 0 Å². The van der Waals surface area contributed by atoms with Gasteiger partial charge in [-0.3, -0.25) is 0 Å². The molecule has 0 aromatic carbocycles. The van der Waals surface area contributed by atoms with E-state index >= 15 is 0 Å². The molecule has 3 nitrogen and oxygen atoms in total. The molecule has 0 aromatic rings. The molecule has 1 N–H and O–H groups in total. The van der Waals surface area contributed by atoms with E-state index in [2.05, 4.69) is 11.4 Å². The lowest BCUT2D eigenvalue weighted by Crippen LogP contribution is -2.29. The third kappa shape index (κ3) is 2.02. The maximum atomic E-state index is 11.2. The van der Waals surface area contributed by atoms with E-state index in [-0.39, 0.29) is 6.03 Å². The molecule has 0 bridgehead atoms.